The van der Waals surface area contributed by atoms with Crippen LogP contribution >= 0.6 is 0 Å². The van der Waals surface area contributed by atoms with Crippen molar-refractivity contribution >= 4 is 5.91 Å². The van der Waals surface area contributed by atoms with E-state index in [-0.39, 0.29) is 5.91 Å². The molecule has 6 heteroatoms. The van der Waals surface area contributed by atoms with Crippen LogP contribution in [0, 0.1) is 12.8 Å². The number of amides is 1. The van der Waals surface area contributed by atoms with Crippen molar-refractivity contribution in [2.75, 3.05) is 13.1 Å². The predicted octanol–water partition coefficient (Wildman–Crippen LogP) is 2.15. The van der Waals surface area contributed by atoms with Gasteiger partial charge in [0.15, 0.2) is 0 Å². The van der Waals surface area contributed by atoms with Gasteiger partial charge in [0.05, 0.1) is 6.54 Å². The molecule has 1 aliphatic carbocycles. The van der Waals surface area contributed by atoms with E-state index in [0.717, 1.165) is 23.6 Å². The van der Waals surface area contributed by atoms with Crippen LogP contribution in [0.4, 0.5) is 0 Å². The van der Waals surface area contributed by atoms with Crippen molar-refractivity contribution in [3.8, 4) is 11.4 Å². The molecule has 0 spiro atoms. The van der Waals surface area contributed by atoms with Crippen molar-refractivity contribution in [1.29, 1.82) is 0 Å². The molecule has 4 rings (SSSR count). The van der Waals surface area contributed by atoms with E-state index >= 15 is 0 Å². The summed E-state index contributed by atoms with van der Waals surface area (Å²) >= 11 is 0. The van der Waals surface area contributed by atoms with Gasteiger partial charge in [0.1, 0.15) is 0 Å². The zero-order valence-corrected chi connectivity index (χ0v) is 13.9. The van der Waals surface area contributed by atoms with Crippen molar-refractivity contribution in [3.05, 3.63) is 35.7 Å². The van der Waals surface area contributed by atoms with Gasteiger partial charge < -0.3 is 9.84 Å². The molecule has 0 radical (unpaired) electrons. The molecule has 1 saturated heterocycles. The Morgan fingerprint density at radius 3 is 2.79 bits per heavy atom. The predicted molar refractivity (Wildman–Crippen MR) is 89.0 cm³/mol. The van der Waals surface area contributed by atoms with Gasteiger partial charge in [-0.3, -0.25) is 9.69 Å². The number of aryl methyl sites for hydroxylation is 1. The average Bonchev–Trinajstić information content (AvgIpc) is 3.30. The molecule has 1 N–H and O–H groups in total. The van der Waals surface area contributed by atoms with Crippen molar-refractivity contribution in [1.82, 2.24) is 20.4 Å². The highest BCUT2D eigenvalue weighted by molar-refractivity contribution is 5.78. The van der Waals surface area contributed by atoms with Crippen molar-refractivity contribution in [2.24, 2.45) is 5.92 Å². The summed E-state index contributed by atoms with van der Waals surface area (Å²) in [5.41, 5.74) is 1.98. The van der Waals surface area contributed by atoms with E-state index < -0.39 is 0 Å². The molecule has 2 fully saturated rings. The van der Waals surface area contributed by atoms with Gasteiger partial charge in [0, 0.05) is 31.6 Å². The Labute approximate surface area is 141 Å². The number of hydrogen-bond acceptors (Lipinski definition) is 5. The van der Waals surface area contributed by atoms with Crippen LogP contribution in [0.5, 0.6) is 0 Å². The van der Waals surface area contributed by atoms with Crippen LogP contribution in [0.3, 0.4) is 0 Å². The standard InChI is InChI=1S/C18H22N4O2/c1-12-20-18(21-24-12)15-5-2-13(3-6-15)9-19-17(23)11-22-10-14-4-7-16(22)8-14/h2-3,5-6,14,16H,4,7-11H2,1H3,(H,19,23)/t14-,16+/m1/s1. The summed E-state index contributed by atoms with van der Waals surface area (Å²) < 4.78 is 4.99. The number of fused-ring (bicyclic) bond motifs is 2. The molecular formula is C18H22N4O2. The van der Waals surface area contributed by atoms with Crippen LogP contribution in [-0.4, -0.2) is 40.1 Å². The highest BCUT2D eigenvalue weighted by Crippen LogP contribution is 2.36. The summed E-state index contributed by atoms with van der Waals surface area (Å²) in [5, 5.41) is 6.92. The summed E-state index contributed by atoms with van der Waals surface area (Å²) in [6.07, 6.45) is 3.88. The first-order chi connectivity index (χ1) is 11.7. The summed E-state index contributed by atoms with van der Waals surface area (Å²) in [6, 6.07) is 8.51. The lowest BCUT2D eigenvalue weighted by atomic mass is 10.1. The minimum absolute atomic E-state index is 0.111. The fraction of sp³-hybridized carbons (Fsp3) is 0.500. The van der Waals surface area contributed by atoms with Gasteiger partial charge in [-0.25, -0.2) is 0 Å². The van der Waals surface area contributed by atoms with Crippen LogP contribution in [0.2, 0.25) is 0 Å². The topological polar surface area (TPSA) is 71.3 Å². The average molecular weight is 326 g/mol. The largest absolute Gasteiger partial charge is 0.351 e. The molecule has 24 heavy (non-hydrogen) atoms. The molecule has 0 unspecified atom stereocenters. The molecule has 2 atom stereocenters. The van der Waals surface area contributed by atoms with Crippen LogP contribution in [0.1, 0.15) is 30.7 Å². The zero-order chi connectivity index (χ0) is 16.5. The van der Waals surface area contributed by atoms with Gasteiger partial charge >= 0.3 is 0 Å². The number of nitrogens with one attached hydrogen (secondary N) is 1. The van der Waals surface area contributed by atoms with E-state index in [4.69, 9.17) is 4.52 Å². The Kier molecular flexibility index (Phi) is 4.06. The molecule has 1 aromatic carbocycles. The van der Waals surface area contributed by atoms with Crippen LogP contribution in [-0.2, 0) is 11.3 Å². The Morgan fingerprint density at radius 1 is 1.33 bits per heavy atom. The second-order valence-corrected chi connectivity index (χ2v) is 6.87. The molecule has 1 amide bonds. The molecule has 2 bridgehead atoms. The van der Waals surface area contributed by atoms with Gasteiger partial charge in [-0.15, -0.1) is 0 Å². The number of nitrogens with zero attached hydrogens (tertiary/aromatic N) is 3. The minimum Gasteiger partial charge on any atom is -0.351 e. The van der Waals surface area contributed by atoms with Crippen molar-refractivity contribution in [3.63, 3.8) is 0 Å². The fourth-order valence-corrected chi connectivity index (χ4v) is 3.85. The number of carbonyl (C=O) groups excluding carboxylic acids is 1. The van der Waals surface area contributed by atoms with E-state index in [0.29, 0.717) is 30.8 Å². The molecule has 2 heterocycles. The smallest absolute Gasteiger partial charge is 0.234 e. The van der Waals surface area contributed by atoms with Crippen molar-refractivity contribution < 1.29 is 9.32 Å². The first kappa shape index (κ1) is 15.3. The second kappa shape index (κ2) is 6.36. The third-order valence-corrected chi connectivity index (χ3v) is 5.10. The van der Waals surface area contributed by atoms with Crippen LogP contribution in [0.15, 0.2) is 28.8 Å². The zero-order valence-electron chi connectivity index (χ0n) is 13.9. The number of hydrogen-bond donors (Lipinski definition) is 1. The van der Waals surface area contributed by atoms with Gasteiger partial charge in [-0.05, 0) is 30.7 Å². The van der Waals surface area contributed by atoms with E-state index in [9.17, 15) is 4.79 Å². The number of benzene rings is 1. The molecule has 1 aliphatic heterocycles. The summed E-state index contributed by atoms with van der Waals surface area (Å²) in [6.45, 7) is 3.94. The maximum atomic E-state index is 12.2. The highest BCUT2D eigenvalue weighted by atomic mass is 16.5. The third kappa shape index (κ3) is 3.19. The Balaban J connectivity index is 1.28. The summed E-state index contributed by atoms with van der Waals surface area (Å²) in [5.74, 6) is 2.08. The third-order valence-electron chi connectivity index (χ3n) is 5.10. The number of likely N-dealkylation sites (tertiary alicyclic amines) is 1. The SMILES string of the molecule is Cc1nc(-c2ccc(CNC(=O)CN3C[C@@H]4CC[C@H]3C4)cc2)no1. The van der Waals surface area contributed by atoms with E-state index in [1.54, 1.807) is 6.92 Å². The lowest BCUT2D eigenvalue weighted by Crippen LogP contribution is -2.40. The first-order valence-corrected chi connectivity index (χ1v) is 8.58. The second-order valence-electron chi connectivity index (χ2n) is 6.87. The van der Waals surface area contributed by atoms with Gasteiger partial charge in [0.25, 0.3) is 0 Å². The van der Waals surface area contributed by atoms with Gasteiger partial charge in [-0.1, -0.05) is 29.4 Å². The maximum absolute atomic E-state index is 12.2. The van der Waals surface area contributed by atoms with E-state index in [1.807, 2.05) is 24.3 Å². The Bertz CT molecular complexity index is 725. The molecule has 1 saturated carbocycles. The lowest BCUT2D eigenvalue weighted by molar-refractivity contribution is -0.122. The van der Waals surface area contributed by atoms with Gasteiger partial charge in [-0.2, -0.15) is 4.98 Å². The van der Waals surface area contributed by atoms with E-state index in [2.05, 4.69) is 20.4 Å². The van der Waals surface area contributed by atoms with Gasteiger partial charge in [0.2, 0.25) is 17.6 Å². The Hall–Kier alpha value is -2.21. The quantitative estimate of drug-likeness (QED) is 0.911. The molecule has 2 aliphatic rings. The molecule has 2 aromatic rings. The molecule has 126 valence electrons. The normalized spacial score (nSPS) is 22.9. The number of piperidine rings is 1. The molecular weight excluding hydrogens is 304 g/mol. The summed E-state index contributed by atoms with van der Waals surface area (Å²) in [4.78, 5) is 18.7. The lowest BCUT2D eigenvalue weighted by Gasteiger charge is -2.25. The maximum Gasteiger partial charge on any atom is 0.234 e. The van der Waals surface area contributed by atoms with Crippen molar-refractivity contribution in [2.45, 2.75) is 38.8 Å². The number of carbonyl (C=O) groups is 1. The molecule has 6 nitrogen and oxygen atoms in total. The monoisotopic (exact) mass is 326 g/mol. The highest BCUT2D eigenvalue weighted by Gasteiger charge is 2.38. The number of rotatable bonds is 5. The first-order valence-electron chi connectivity index (χ1n) is 8.58. The number of aromatic nitrogens is 2. The van der Waals surface area contributed by atoms with Crippen LogP contribution in [0.25, 0.3) is 11.4 Å². The Morgan fingerprint density at radius 2 is 2.17 bits per heavy atom. The van der Waals surface area contributed by atoms with Crippen LogP contribution < -0.4 is 5.32 Å². The fourth-order valence-electron chi connectivity index (χ4n) is 3.85. The minimum atomic E-state index is 0.111. The summed E-state index contributed by atoms with van der Waals surface area (Å²) in [7, 11) is 0. The van der Waals surface area contributed by atoms with E-state index in [1.165, 1.54) is 19.3 Å². The molecule has 1 aromatic heterocycles.